The van der Waals surface area contributed by atoms with Gasteiger partial charge in [0.05, 0.1) is 17.0 Å². The number of carbonyl (C=O) groups is 1. The van der Waals surface area contributed by atoms with E-state index in [0.29, 0.717) is 34.4 Å². The van der Waals surface area contributed by atoms with Crippen molar-refractivity contribution in [1.29, 1.82) is 0 Å². The van der Waals surface area contributed by atoms with E-state index in [4.69, 9.17) is 16.3 Å². The van der Waals surface area contributed by atoms with Gasteiger partial charge in [0.25, 0.3) is 5.91 Å². The second kappa shape index (κ2) is 9.99. The van der Waals surface area contributed by atoms with Crippen LogP contribution in [-0.4, -0.2) is 38.8 Å². The molecule has 3 aromatic rings. The molecule has 0 saturated heterocycles. The second-order valence-electron chi connectivity index (χ2n) is 6.99. The Labute approximate surface area is 191 Å². The minimum atomic E-state index is -3.56. The lowest BCUT2D eigenvalue weighted by Gasteiger charge is -2.21. The molecule has 0 radical (unpaired) electrons. The Bertz CT molecular complexity index is 1170. The highest BCUT2D eigenvalue weighted by atomic mass is 35.5. The minimum Gasteiger partial charge on any atom is -0.497 e. The number of amides is 1. The monoisotopic (exact) mass is 480 g/mol. The van der Waals surface area contributed by atoms with Gasteiger partial charge in [0.1, 0.15) is 10.6 Å². The normalized spacial score (nSPS) is 11.8. The molecule has 6 nitrogen and oxygen atoms in total. The second-order valence-corrected chi connectivity index (χ2v) is 10.4. The summed E-state index contributed by atoms with van der Waals surface area (Å²) in [6, 6.07) is 11.7. The summed E-state index contributed by atoms with van der Waals surface area (Å²) in [5.74, 6) is 0.341. The number of carbonyl (C=O) groups excluding carboxylic acids is 1. The van der Waals surface area contributed by atoms with E-state index in [-0.39, 0.29) is 10.8 Å². The lowest BCUT2D eigenvalue weighted by molar-refractivity contribution is 0.103. The van der Waals surface area contributed by atoms with E-state index in [9.17, 15) is 13.2 Å². The van der Waals surface area contributed by atoms with Crippen molar-refractivity contribution in [2.75, 3.05) is 25.5 Å². The van der Waals surface area contributed by atoms with E-state index < -0.39 is 10.0 Å². The molecule has 1 N–H and O–H groups in total. The number of methoxy groups -OCH3 is 1. The van der Waals surface area contributed by atoms with Gasteiger partial charge in [0.15, 0.2) is 0 Å². The summed E-state index contributed by atoms with van der Waals surface area (Å²) in [4.78, 5) is 13.4. The number of rotatable bonds is 9. The number of benzene rings is 2. The average Bonchev–Trinajstić information content (AvgIpc) is 3.09. The van der Waals surface area contributed by atoms with Gasteiger partial charge < -0.3 is 10.1 Å². The number of hydrogen-bond donors (Lipinski definition) is 1. The third-order valence-corrected chi connectivity index (χ3v) is 8.31. The summed E-state index contributed by atoms with van der Waals surface area (Å²) in [5, 5.41) is 3.96. The smallest absolute Gasteiger partial charge is 0.267 e. The molecule has 9 heteroatoms. The number of sulfonamides is 1. The maximum atomic E-state index is 12.9. The Morgan fingerprint density at radius 2 is 1.74 bits per heavy atom. The van der Waals surface area contributed by atoms with Gasteiger partial charge in [-0.15, -0.1) is 11.3 Å². The molecule has 1 heterocycles. The first-order valence-corrected chi connectivity index (χ1v) is 12.6. The highest BCUT2D eigenvalue weighted by molar-refractivity contribution is 7.89. The molecule has 1 amide bonds. The molecule has 1 aromatic heterocycles. The van der Waals surface area contributed by atoms with Crippen molar-refractivity contribution in [2.24, 2.45) is 0 Å². The molecule has 0 atom stereocenters. The zero-order valence-electron chi connectivity index (χ0n) is 17.6. The zero-order chi connectivity index (χ0) is 22.6. The quantitative estimate of drug-likeness (QED) is 0.431. The van der Waals surface area contributed by atoms with Crippen LogP contribution < -0.4 is 10.1 Å². The number of anilines is 1. The van der Waals surface area contributed by atoms with E-state index in [1.807, 2.05) is 26.0 Å². The minimum absolute atomic E-state index is 0.208. The van der Waals surface area contributed by atoms with Crippen LogP contribution >= 0.6 is 22.9 Å². The summed E-state index contributed by atoms with van der Waals surface area (Å²) in [5.41, 5.74) is 0.493. The van der Waals surface area contributed by atoms with E-state index in [2.05, 4.69) is 5.32 Å². The van der Waals surface area contributed by atoms with Crippen LogP contribution in [0.1, 0.15) is 36.4 Å². The average molecular weight is 481 g/mol. The van der Waals surface area contributed by atoms with Crippen molar-refractivity contribution in [3.63, 3.8) is 0 Å². The predicted octanol–water partition coefficient (Wildman–Crippen LogP) is 5.63. The van der Waals surface area contributed by atoms with Crippen molar-refractivity contribution in [1.82, 2.24) is 4.31 Å². The van der Waals surface area contributed by atoms with E-state index in [1.54, 1.807) is 25.3 Å². The van der Waals surface area contributed by atoms with E-state index >= 15 is 0 Å². The van der Waals surface area contributed by atoms with E-state index in [1.165, 1.54) is 27.8 Å². The molecule has 2 aromatic carbocycles. The Kier molecular flexibility index (Phi) is 7.59. The van der Waals surface area contributed by atoms with Gasteiger partial charge in [-0.1, -0.05) is 25.4 Å². The summed E-state index contributed by atoms with van der Waals surface area (Å²) in [6.45, 7) is 4.85. The van der Waals surface area contributed by atoms with Crippen LogP contribution in [0.25, 0.3) is 10.1 Å². The number of ether oxygens (including phenoxy) is 1. The lowest BCUT2D eigenvalue weighted by Crippen LogP contribution is -2.32. The van der Waals surface area contributed by atoms with Crippen LogP contribution in [0.2, 0.25) is 5.02 Å². The largest absolute Gasteiger partial charge is 0.497 e. The highest BCUT2D eigenvalue weighted by Gasteiger charge is 2.23. The van der Waals surface area contributed by atoms with Crippen molar-refractivity contribution >= 4 is 54.6 Å². The summed E-state index contributed by atoms with van der Waals surface area (Å²) < 4.78 is 33.3. The summed E-state index contributed by atoms with van der Waals surface area (Å²) in [7, 11) is -1.98. The Morgan fingerprint density at radius 3 is 2.32 bits per heavy atom. The molecule has 0 aliphatic rings. The fraction of sp³-hybridized carbons (Fsp3) is 0.318. The zero-order valence-corrected chi connectivity index (χ0v) is 20.0. The number of halogens is 1. The third-order valence-electron chi connectivity index (χ3n) is 4.74. The van der Waals surface area contributed by atoms with Crippen LogP contribution in [0.5, 0.6) is 5.75 Å². The van der Waals surface area contributed by atoms with Crippen LogP contribution in [0, 0.1) is 0 Å². The molecule has 0 aliphatic carbocycles. The summed E-state index contributed by atoms with van der Waals surface area (Å²) in [6.07, 6.45) is 1.49. The van der Waals surface area contributed by atoms with Gasteiger partial charge in [-0.05, 0) is 55.3 Å². The van der Waals surface area contributed by atoms with Gasteiger partial charge >= 0.3 is 0 Å². The van der Waals surface area contributed by atoms with Crippen molar-refractivity contribution in [3.8, 4) is 5.75 Å². The molecule has 3 rings (SSSR count). The van der Waals surface area contributed by atoms with Crippen LogP contribution in [0.4, 0.5) is 5.69 Å². The molecule has 0 fully saturated rings. The number of nitrogens with one attached hydrogen (secondary N) is 1. The first-order chi connectivity index (χ1) is 14.8. The van der Waals surface area contributed by atoms with Gasteiger partial charge in [-0.3, -0.25) is 4.79 Å². The molecule has 0 aliphatic heterocycles. The molecular formula is C22H25ClN2O4S2. The van der Waals surface area contributed by atoms with E-state index in [0.717, 1.165) is 22.9 Å². The molecular weight excluding hydrogens is 456 g/mol. The molecule has 166 valence electrons. The van der Waals surface area contributed by atoms with Gasteiger partial charge in [-0.2, -0.15) is 4.31 Å². The van der Waals surface area contributed by atoms with Crippen LogP contribution in [0.15, 0.2) is 47.4 Å². The Balaban J connectivity index is 1.80. The summed E-state index contributed by atoms with van der Waals surface area (Å²) >= 11 is 7.69. The highest BCUT2D eigenvalue weighted by Crippen LogP contribution is 2.37. The number of thiophene rings is 1. The van der Waals surface area contributed by atoms with Gasteiger partial charge in [0.2, 0.25) is 10.0 Å². The molecule has 0 unspecified atom stereocenters. The van der Waals surface area contributed by atoms with Crippen molar-refractivity contribution in [3.05, 3.63) is 52.4 Å². The van der Waals surface area contributed by atoms with Gasteiger partial charge in [-0.25, -0.2) is 8.42 Å². The molecule has 0 saturated carbocycles. The fourth-order valence-corrected chi connectivity index (χ4v) is 6.28. The Hall–Kier alpha value is -2.13. The fourth-order valence-electron chi connectivity index (χ4n) is 3.22. The molecule has 31 heavy (non-hydrogen) atoms. The lowest BCUT2D eigenvalue weighted by atomic mass is 10.2. The van der Waals surface area contributed by atoms with Crippen LogP contribution in [0.3, 0.4) is 0 Å². The topological polar surface area (TPSA) is 75.7 Å². The van der Waals surface area contributed by atoms with Crippen LogP contribution in [-0.2, 0) is 10.0 Å². The standard InChI is InChI=1S/C22H25ClN2O4S2/c1-4-12-25(13-5-2)31(27,28)17-9-6-15(7-10-17)24-22(26)21-20(23)18-11-8-16(29-3)14-19(18)30-21/h6-11,14H,4-5,12-13H2,1-3H3,(H,24,26). The molecule has 0 spiro atoms. The molecule has 0 bridgehead atoms. The SMILES string of the molecule is CCCN(CCC)S(=O)(=O)c1ccc(NC(=O)c2sc3cc(OC)ccc3c2Cl)cc1. The first kappa shape index (κ1) is 23.5. The maximum absolute atomic E-state index is 12.9. The first-order valence-electron chi connectivity index (χ1n) is 9.99. The number of nitrogens with zero attached hydrogens (tertiary/aromatic N) is 1. The third kappa shape index (κ3) is 5.03. The maximum Gasteiger partial charge on any atom is 0.267 e. The number of fused-ring (bicyclic) bond motifs is 1. The number of hydrogen-bond acceptors (Lipinski definition) is 5. The van der Waals surface area contributed by atoms with Gasteiger partial charge in [0, 0.05) is 28.9 Å². The van der Waals surface area contributed by atoms with Crippen molar-refractivity contribution in [2.45, 2.75) is 31.6 Å². The van der Waals surface area contributed by atoms with Crippen molar-refractivity contribution < 1.29 is 17.9 Å². The predicted molar refractivity (Wildman–Crippen MR) is 127 cm³/mol. The Morgan fingerprint density at radius 1 is 1.10 bits per heavy atom.